The van der Waals surface area contributed by atoms with Gasteiger partial charge in [-0.1, -0.05) is 48.0 Å². The fraction of sp³-hybridized carbons (Fsp3) is 0.382. The minimum absolute atomic E-state index is 0.0580. The van der Waals surface area contributed by atoms with Gasteiger partial charge in [0.1, 0.15) is 35.8 Å². The standard InChI is InChI=1S/C34H35ClF2N2O7/c1-22-7-8-24(15-27(22)36)45-20-31(41)39-34-13-11-33(12-14-34,38-30(40)19-44-25-9-10-26(35)28(37)16-25)17-29(34)46-32(42)21-43-18-23-5-3-2-4-6-23/h2-10,15-16,29H,11-14,17-21H2,1H3,(H,38,40)(H,39,41)/t29-,33?,34?/m0/s1. The molecule has 0 unspecified atom stereocenters. The molecule has 0 heterocycles. The van der Waals surface area contributed by atoms with E-state index in [1.807, 2.05) is 30.3 Å². The van der Waals surface area contributed by atoms with Crippen LogP contribution in [-0.4, -0.2) is 54.8 Å². The number of ether oxygens (including phenoxy) is 4. The quantitative estimate of drug-likeness (QED) is 0.243. The monoisotopic (exact) mass is 656 g/mol. The highest BCUT2D eigenvalue weighted by Gasteiger charge is 2.57. The number of carbonyl (C=O) groups is 3. The Morgan fingerprint density at radius 3 is 2.11 bits per heavy atom. The number of nitrogens with one attached hydrogen (secondary N) is 2. The average molecular weight is 657 g/mol. The third kappa shape index (κ3) is 8.32. The zero-order valence-corrected chi connectivity index (χ0v) is 26.0. The van der Waals surface area contributed by atoms with E-state index < -0.39 is 46.6 Å². The van der Waals surface area contributed by atoms with Gasteiger partial charge in [0, 0.05) is 24.1 Å². The van der Waals surface area contributed by atoms with Gasteiger partial charge in [-0.15, -0.1) is 0 Å². The molecule has 46 heavy (non-hydrogen) atoms. The van der Waals surface area contributed by atoms with E-state index >= 15 is 0 Å². The van der Waals surface area contributed by atoms with Crippen LogP contribution in [0.1, 0.15) is 43.2 Å². The summed E-state index contributed by atoms with van der Waals surface area (Å²) in [5.41, 5.74) is -0.269. The summed E-state index contributed by atoms with van der Waals surface area (Å²) in [5, 5.41) is 6.00. The average Bonchev–Trinajstić information content (AvgIpc) is 3.03. The zero-order valence-electron chi connectivity index (χ0n) is 25.3. The molecule has 6 rings (SSSR count). The Morgan fingerprint density at radius 1 is 0.826 bits per heavy atom. The van der Waals surface area contributed by atoms with Crippen LogP contribution in [0.5, 0.6) is 11.5 Å². The summed E-state index contributed by atoms with van der Waals surface area (Å²) in [6, 6.07) is 17.6. The van der Waals surface area contributed by atoms with Gasteiger partial charge >= 0.3 is 5.97 Å². The molecule has 3 fully saturated rings. The van der Waals surface area contributed by atoms with Gasteiger partial charge in [0.25, 0.3) is 11.8 Å². The van der Waals surface area contributed by atoms with E-state index in [0.29, 0.717) is 31.2 Å². The van der Waals surface area contributed by atoms with Gasteiger partial charge in [0.15, 0.2) is 13.2 Å². The summed E-state index contributed by atoms with van der Waals surface area (Å²) >= 11 is 5.72. The Balaban J connectivity index is 1.22. The molecule has 0 saturated heterocycles. The molecule has 2 N–H and O–H groups in total. The van der Waals surface area contributed by atoms with Crippen molar-refractivity contribution in [2.75, 3.05) is 19.8 Å². The van der Waals surface area contributed by atoms with Crippen molar-refractivity contribution in [1.29, 1.82) is 0 Å². The zero-order chi connectivity index (χ0) is 32.7. The molecule has 9 nitrogen and oxygen atoms in total. The largest absolute Gasteiger partial charge is 0.484 e. The third-order valence-electron chi connectivity index (χ3n) is 8.46. The van der Waals surface area contributed by atoms with Crippen molar-refractivity contribution in [2.45, 2.75) is 62.8 Å². The van der Waals surface area contributed by atoms with Crippen LogP contribution in [0.4, 0.5) is 8.78 Å². The van der Waals surface area contributed by atoms with Crippen molar-refractivity contribution in [3.63, 3.8) is 0 Å². The molecule has 12 heteroatoms. The maximum Gasteiger partial charge on any atom is 0.332 e. The number of rotatable bonds is 13. The van der Waals surface area contributed by atoms with Crippen molar-refractivity contribution in [3.8, 4) is 11.5 Å². The number of hydrogen-bond acceptors (Lipinski definition) is 7. The second kappa shape index (κ2) is 14.5. The molecular formula is C34H35ClF2N2O7. The predicted molar refractivity (Wildman–Crippen MR) is 164 cm³/mol. The molecule has 3 aromatic rings. The second-order valence-corrected chi connectivity index (χ2v) is 12.2. The number of aryl methyl sites for hydroxylation is 1. The Hall–Kier alpha value is -4.22. The van der Waals surface area contributed by atoms with Gasteiger partial charge in [-0.25, -0.2) is 13.6 Å². The molecule has 3 saturated carbocycles. The third-order valence-corrected chi connectivity index (χ3v) is 8.77. The summed E-state index contributed by atoms with van der Waals surface area (Å²) in [4.78, 5) is 39.0. The van der Waals surface area contributed by atoms with E-state index in [4.69, 9.17) is 30.5 Å². The molecule has 3 aliphatic carbocycles. The molecule has 3 aliphatic rings. The molecule has 0 aromatic heterocycles. The fourth-order valence-corrected chi connectivity index (χ4v) is 6.10. The van der Waals surface area contributed by atoms with Crippen LogP contribution < -0.4 is 20.1 Å². The smallest absolute Gasteiger partial charge is 0.332 e. The van der Waals surface area contributed by atoms with Crippen molar-refractivity contribution in [2.24, 2.45) is 0 Å². The minimum atomic E-state index is -0.905. The molecule has 0 radical (unpaired) electrons. The van der Waals surface area contributed by atoms with Crippen LogP contribution in [0, 0.1) is 18.6 Å². The first-order valence-electron chi connectivity index (χ1n) is 14.9. The van der Waals surface area contributed by atoms with Gasteiger partial charge in [-0.05, 0) is 61.9 Å². The van der Waals surface area contributed by atoms with E-state index in [0.717, 1.165) is 11.6 Å². The van der Waals surface area contributed by atoms with Crippen molar-refractivity contribution >= 4 is 29.4 Å². The number of hydrogen-bond donors (Lipinski definition) is 2. The lowest BCUT2D eigenvalue weighted by Crippen LogP contribution is -2.71. The van der Waals surface area contributed by atoms with Crippen LogP contribution in [-0.2, 0) is 30.5 Å². The first-order chi connectivity index (χ1) is 22.0. The minimum Gasteiger partial charge on any atom is -0.484 e. The van der Waals surface area contributed by atoms with Crippen LogP contribution in [0.15, 0.2) is 66.7 Å². The summed E-state index contributed by atoms with van der Waals surface area (Å²) < 4.78 is 50.2. The lowest BCUT2D eigenvalue weighted by molar-refractivity contribution is -0.171. The van der Waals surface area contributed by atoms with E-state index in [1.165, 1.54) is 18.2 Å². The van der Waals surface area contributed by atoms with Gasteiger partial charge in [-0.3, -0.25) is 9.59 Å². The molecule has 2 bridgehead atoms. The van der Waals surface area contributed by atoms with Gasteiger partial charge in [-0.2, -0.15) is 0 Å². The summed E-state index contributed by atoms with van der Waals surface area (Å²) in [7, 11) is 0. The SMILES string of the molecule is Cc1ccc(OCC(=O)NC23CCC(NC(=O)COc4ccc(Cl)c(F)c4)(CC2)C[C@@H]3OC(=O)COCc2ccccc2)cc1F. The Kier molecular flexibility index (Phi) is 10.4. The van der Waals surface area contributed by atoms with Gasteiger partial charge in [0.05, 0.1) is 17.2 Å². The highest BCUT2D eigenvalue weighted by atomic mass is 35.5. The topological polar surface area (TPSA) is 112 Å². The molecule has 0 aliphatic heterocycles. The molecule has 0 spiro atoms. The number of carbonyl (C=O) groups excluding carboxylic acids is 3. The number of halogens is 3. The van der Waals surface area contributed by atoms with E-state index in [1.54, 1.807) is 19.1 Å². The van der Waals surface area contributed by atoms with Crippen LogP contribution in [0.3, 0.4) is 0 Å². The fourth-order valence-electron chi connectivity index (χ4n) is 5.98. The normalized spacial score (nSPS) is 21.7. The van der Waals surface area contributed by atoms with Crippen LogP contribution in [0.2, 0.25) is 5.02 Å². The highest BCUT2D eigenvalue weighted by Crippen LogP contribution is 2.48. The summed E-state index contributed by atoms with van der Waals surface area (Å²) in [6.45, 7) is 0.815. The number of amides is 2. The number of benzene rings is 3. The number of esters is 1. The first kappa shape index (κ1) is 33.2. The van der Waals surface area contributed by atoms with E-state index in [2.05, 4.69) is 10.6 Å². The summed E-state index contributed by atoms with van der Waals surface area (Å²) in [6.07, 6.45) is 1.27. The van der Waals surface area contributed by atoms with Gasteiger partial charge < -0.3 is 29.6 Å². The molecule has 1 atom stereocenters. The second-order valence-electron chi connectivity index (χ2n) is 11.8. The van der Waals surface area contributed by atoms with Crippen molar-refractivity contribution in [3.05, 3.63) is 94.5 Å². The maximum atomic E-state index is 13.9. The summed E-state index contributed by atoms with van der Waals surface area (Å²) in [5.74, 6) is -2.23. The van der Waals surface area contributed by atoms with Crippen molar-refractivity contribution in [1.82, 2.24) is 10.6 Å². The molecule has 2 amide bonds. The lowest BCUT2D eigenvalue weighted by Gasteiger charge is -2.57. The van der Waals surface area contributed by atoms with Crippen LogP contribution >= 0.6 is 11.6 Å². The molecule has 244 valence electrons. The van der Waals surface area contributed by atoms with E-state index in [9.17, 15) is 23.2 Å². The Labute approximate surface area is 270 Å². The Bertz CT molecular complexity index is 1560. The predicted octanol–water partition coefficient (Wildman–Crippen LogP) is 5.20. The van der Waals surface area contributed by atoms with Crippen molar-refractivity contribution < 1.29 is 42.1 Å². The lowest BCUT2D eigenvalue weighted by atomic mass is 9.59. The number of fused-ring (bicyclic) bond motifs is 3. The first-order valence-corrected chi connectivity index (χ1v) is 15.3. The van der Waals surface area contributed by atoms with Gasteiger partial charge in [0.2, 0.25) is 0 Å². The van der Waals surface area contributed by atoms with Crippen LogP contribution in [0.25, 0.3) is 0 Å². The molecular weight excluding hydrogens is 622 g/mol. The molecule has 3 aromatic carbocycles. The maximum absolute atomic E-state index is 13.9. The van der Waals surface area contributed by atoms with E-state index in [-0.39, 0.29) is 49.4 Å². The Morgan fingerprint density at radius 2 is 1.46 bits per heavy atom. The highest BCUT2D eigenvalue weighted by molar-refractivity contribution is 6.30.